The molecular formula is C6H12OS. The van der Waals surface area contributed by atoms with Crippen molar-refractivity contribution in [3.05, 3.63) is 12.2 Å². The lowest BCUT2D eigenvalue weighted by Crippen LogP contribution is -1.87. The Morgan fingerprint density at radius 1 is 1.50 bits per heavy atom. The smallest absolute Gasteiger partial charge is 0.0647 e. The Bertz CT molecular complexity index is 61.5. The summed E-state index contributed by atoms with van der Waals surface area (Å²) in [6.45, 7) is 3.49. The van der Waals surface area contributed by atoms with E-state index >= 15 is 0 Å². The summed E-state index contributed by atoms with van der Waals surface area (Å²) in [6.07, 6.45) is 3.94. The van der Waals surface area contributed by atoms with E-state index in [0.717, 1.165) is 19.0 Å². The van der Waals surface area contributed by atoms with Crippen LogP contribution in [0.15, 0.2) is 12.2 Å². The first-order valence-corrected chi connectivity index (χ1v) is 3.38. The predicted octanol–water partition coefficient (Wildman–Crippen LogP) is 1.51. The average Bonchev–Trinajstić information content (AvgIpc) is 1.81. The van der Waals surface area contributed by atoms with E-state index in [1.807, 2.05) is 19.1 Å². The van der Waals surface area contributed by atoms with E-state index in [4.69, 9.17) is 4.74 Å². The van der Waals surface area contributed by atoms with Crippen molar-refractivity contribution in [2.75, 3.05) is 19.0 Å². The lowest BCUT2D eigenvalue weighted by molar-refractivity contribution is 0.177. The van der Waals surface area contributed by atoms with Gasteiger partial charge in [0.25, 0.3) is 0 Å². The molecule has 2 heteroatoms. The molecule has 0 radical (unpaired) electrons. The zero-order valence-electron chi connectivity index (χ0n) is 5.13. The first-order valence-electron chi connectivity index (χ1n) is 2.75. The minimum absolute atomic E-state index is 0.719. The van der Waals surface area contributed by atoms with Crippen LogP contribution in [0.2, 0.25) is 0 Å². The van der Waals surface area contributed by atoms with Gasteiger partial charge >= 0.3 is 0 Å². The Morgan fingerprint density at radius 3 is 2.75 bits per heavy atom. The third-order valence-corrected chi connectivity index (χ3v) is 0.901. The van der Waals surface area contributed by atoms with Gasteiger partial charge in [-0.05, 0) is 6.92 Å². The molecule has 0 rings (SSSR count). The van der Waals surface area contributed by atoms with Crippen LogP contribution in [0.1, 0.15) is 6.92 Å². The SMILES string of the molecule is CCOC/C=C/CS. The van der Waals surface area contributed by atoms with Gasteiger partial charge in [-0.15, -0.1) is 0 Å². The fraction of sp³-hybridized carbons (Fsp3) is 0.667. The van der Waals surface area contributed by atoms with E-state index in [1.165, 1.54) is 0 Å². The van der Waals surface area contributed by atoms with Crippen LogP contribution >= 0.6 is 12.6 Å². The third kappa shape index (κ3) is 6.05. The molecule has 0 atom stereocenters. The minimum Gasteiger partial charge on any atom is -0.378 e. The Hall–Kier alpha value is 0.0500. The number of hydrogen-bond donors (Lipinski definition) is 1. The van der Waals surface area contributed by atoms with Gasteiger partial charge in [0, 0.05) is 12.4 Å². The van der Waals surface area contributed by atoms with Gasteiger partial charge in [0.05, 0.1) is 6.61 Å². The van der Waals surface area contributed by atoms with E-state index in [-0.39, 0.29) is 0 Å². The standard InChI is InChI=1S/C6H12OS/c1-2-7-5-3-4-6-8/h3-4,8H,2,5-6H2,1H3/b4-3+. The van der Waals surface area contributed by atoms with Crippen LogP contribution in [0, 0.1) is 0 Å². The van der Waals surface area contributed by atoms with Crippen LogP contribution in [-0.4, -0.2) is 19.0 Å². The lowest BCUT2D eigenvalue weighted by atomic mass is 10.5. The van der Waals surface area contributed by atoms with E-state index in [2.05, 4.69) is 12.6 Å². The highest BCUT2D eigenvalue weighted by Gasteiger charge is 1.72. The van der Waals surface area contributed by atoms with Gasteiger partial charge in [-0.1, -0.05) is 12.2 Å². The first-order chi connectivity index (χ1) is 3.91. The lowest BCUT2D eigenvalue weighted by Gasteiger charge is -1.90. The summed E-state index contributed by atoms with van der Waals surface area (Å²) in [5, 5.41) is 0. The van der Waals surface area contributed by atoms with Gasteiger partial charge in [-0.3, -0.25) is 0 Å². The molecule has 0 aliphatic carbocycles. The minimum atomic E-state index is 0.719. The zero-order chi connectivity index (χ0) is 6.24. The molecule has 0 heterocycles. The molecule has 0 bridgehead atoms. The Balaban J connectivity index is 2.80. The van der Waals surface area contributed by atoms with E-state index in [0.29, 0.717) is 0 Å². The van der Waals surface area contributed by atoms with Gasteiger partial charge in [-0.2, -0.15) is 12.6 Å². The summed E-state index contributed by atoms with van der Waals surface area (Å²) in [4.78, 5) is 0. The predicted molar refractivity (Wildman–Crippen MR) is 39.5 cm³/mol. The molecule has 8 heavy (non-hydrogen) atoms. The monoisotopic (exact) mass is 132 g/mol. The maximum atomic E-state index is 5.01. The zero-order valence-corrected chi connectivity index (χ0v) is 6.03. The normalized spacial score (nSPS) is 10.8. The van der Waals surface area contributed by atoms with Crippen LogP contribution in [0.3, 0.4) is 0 Å². The van der Waals surface area contributed by atoms with Gasteiger partial charge in [-0.25, -0.2) is 0 Å². The fourth-order valence-electron chi connectivity index (χ4n) is 0.328. The fourth-order valence-corrected chi connectivity index (χ4v) is 0.478. The van der Waals surface area contributed by atoms with Crippen molar-refractivity contribution in [3.8, 4) is 0 Å². The van der Waals surface area contributed by atoms with Crippen molar-refractivity contribution < 1.29 is 4.74 Å². The largest absolute Gasteiger partial charge is 0.378 e. The van der Waals surface area contributed by atoms with Gasteiger partial charge in [0.2, 0.25) is 0 Å². The molecular weight excluding hydrogens is 120 g/mol. The van der Waals surface area contributed by atoms with E-state index < -0.39 is 0 Å². The molecule has 0 N–H and O–H groups in total. The molecule has 0 amide bonds. The number of ether oxygens (including phenoxy) is 1. The highest BCUT2D eigenvalue weighted by Crippen LogP contribution is 1.78. The van der Waals surface area contributed by atoms with Gasteiger partial charge in [0.15, 0.2) is 0 Å². The van der Waals surface area contributed by atoms with Crippen LogP contribution in [0.4, 0.5) is 0 Å². The summed E-state index contributed by atoms with van der Waals surface area (Å²) in [5.41, 5.74) is 0. The van der Waals surface area contributed by atoms with Gasteiger partial charge < -0.3 is 4.74 Å². The number of rotatable bonds is 4. The summed E-state index contributed by atoms with van der Waals surface area (Å²) in [5.74, 6) is 0.799. The molecule has 1 nitrogen and oxygen atoms in total. The molecule has 0 saturated carbocycles. The third-order valence-electron chi connectivity index (χ3n) is 0.690. The Kier molecular flexibility index (Phi) is 7.09. The van der Waals surface area contributed by atoms with Crippen molar-refractivity contribution in [1.82, 2.24) is 0 Å². The molecule has 0 fully saturated rings. The van der Waals surface area contributed by atoms with Crippen LogP contribution < -0.4 is 0 Å². The Morgan fingerprint density at radius 2 is 2.25 bits per heavy atom. The maximum absolute atomic E-state index is 5.01. The van der Waals surface area contributed by atoms with Gasteiger partial charge in [0.1, 0.15) is 0 Å². The average molecular weight is 132 g/mol. The number of thiol groups is 1. The molecule has 0 aliphatic rings. The number of hydrogen-bond acceptors (Lipinski definition) is 2. The van der Waals surface area contributed by atoms with Crippen LogP contribution in [-0.2, 0) is 4.74 Å². The maximum Gasteiger partial charge on any atom is 0.0647 e. The molecule has 0 aromatic carbocycles. The second kappa shape index (κ2) is 7.05. The van der Waals surface area contributed by atoms with Crippen molar-refractivity contribution in [3.63, 3.8) is 0 Å². The quantitative estimate of drug-likeness (QED) is 0.346. The topological polar surface area (TPSA) is 9.23 Å². The molecule has 0 unspecified atom stereocenters. The Labute approximate surface area is 56.1 Å². The summed E-state index contributed by atoms with van der Waals surface area (Å²) in [6, 6.07) is 0. The molecule has 48 valence electrons. The van der Waals surface area contributed by atoms with Crippen LogP contribution in [0.25, 0.3) is 0 Å². The summed E-state index contributed by atoms with van der Waals surface area (Å²) >= 11 is 3.98. The summed E-state index contributed by atoms with van der Waals surface area (Å²) < 4.78 is 5.01. The van der Waals surface area contributed by atoms with Crippen LogP contribution in [0.5, 0.6) is 0 Å². The second-order valence-corrected chi connectivity index (χ2v) is 1.68. The first kappa shape index (κ1) is 8.05. The van der Waals surface area contributed by atoms with Crippen molar-refractivity contribution >= 4 is 12.6 Å². The molecule has 0 saturated heterocycles. The van der Waals surface area contributed by atoms with E-state index in [9.17, 15) is 0 Å². The second-order valence-electron chi connectivity index (χ2n) is 1.31. The highest BCUT2D eigenvalue weighted by atomic mass is 32.1. The van der Waals surface area contributed by atoms with Crippen molar-refractivity contribution in [1.29, 1.82) is 0 Å². The molecule has 0 spiro atoms. The molecule has 0 aromatic heterocycles. The van der Waals surface area contributed by atoms with Crippen molar-refractivity contribution in [2.24, 2.45) is 0 Å². The summed E-state index contributed by atoms with van der Waals surface area (Å²) in [7, 11) is 0. The molecule has 0 aliphatic heterocycles. The highest BCUT2D eigenvalue weighted by molar-refractivity contribution is 7.80. The van der Waals surface area contributed by atoms with E-state index in [1.54, 1.807) is 0 Å². The van der Waals surface area contributed by atoms with Crippen molar-refractivity contribution in [2.45, 2.75) is 6.92 Å². The molecule has 0 aromatic rings.